The molecule has 1 aromatic heterocycles. The molecule has 1 rings (SSSR count). The molecule has 80 valence electrons. The molecule has 3 nitrogen and oxygen atoms in total. The predicted molar refractivity (Wildman–Crippen MR) is 57.2 cm³/mol. The number of imidazole rings is 1. The third-order valence-corrected chi connectivity index (χ3v) is 2.47. The van der Waals surface area contributed by atoms with E-state index >= 15 is 0 Å². The molecule has 1 heterocycles. The van der Waals surface area contributed by atoms with Crippen LogP contribution in [0, 0.1) is 0 Å². The molecule has 3 heteroatoms. The highest BCUT2D eigenvalue weighted by molar-refractivity contribution is 5.07. The van der Waals surface area contributed by atoms with Crippen LogP contribution < -0.4 is 0 Å². The summed E-state index contributed by atoms with van der Waals surface area (Å²) >= 11 is 0. The highest BCUT2D eigenvalue weighted by Gasteiger charge is 2.26. The Labute approximate surface area is 85.8 Å². The quantitative estimate of drug-likeness (QED) is 0.799. The van der Waals surface area contributed by atoms with Crippen molar-refractivity contribution in [2.45, 2.75) is 52.2 Å². The van der Waals surface area contributed by atoms with Crippen molar-refractivity contribution in [3.63, 3.8) is 0 Å². The number of nitrogens with zero attached hydrogens (tertiary/aromatic N) is 2. The van der Waals surface area contributed by atoms with E-state index in [1.165, 1.54) is 0 Å². The minimum atomic E-state index is -0.285. The Morgan fingerprint density at radius 3 is 2.71 bits per heavy atom. The molecule has 0 spiro atoms. The maximum atomic E-state index is 9.41. The van der Waals surface area contributed by atoms with Gasteiger partial charge in [0.25, 0.3) is 0 Å². The van der Waals surface area contributed by atoms with Gasteiger partial charge in [-0.1, -0.05) is 13.8 Å². The molecule has 0 fully saturated rings. The molecule has 0 saturated heterocycles. The van der Waals surface area contributed by atoms with Crippen molar-refractivity contribution in [2.75, 3.05) is 0 Å². The van der Waals surface area contributed by atoms with Crippen molar-refractivity contribution in [1.82, 2.24) is 9.55 Å². The number of rotatable bonds is 4. The van der Waals surface area contributed by atoms with Crippen molar-refractivity contribution in [3.8, 4) is 0 Å². The second kappa shape index (κ2) is 4.13. The molecule has 0 aliphatic carbocycles. The lowest BCUT2D eigenvalue weighted by atomic mass is 9.86. The fourth-order valence-electron chi connectivity index (χ4n) is 1.98. The summed E-state index contributed by atoms with van der Waals surface area (Å²) in [6.45, 7) is 9.09. The lowest BCUT2D eigenvalue weighted by Gasteiger charge is -2.26. The highest BCUT2D eigenvalue weighted by Crippen LogP contribution is 2.26. The Bertz CT molecular complexity index is 289. The summed E-state index contributed by atoms with van der Waals surface area (Å²) in [6.07, 6.45) is 4.26. The fourth-order valence-corrected chi connectivity index (χ4v) is 1.98. The van der Waals surface area contributed by atoms with E-state index in [2.05, 4.69) is 30.3 Å². The molecule has 1 aromatic rings. The summed E-state index contributed by atoms with van der Waals surface area (Å²) in [4.78, 5) is 4.36. The molecule has 0 saturated carbocycles. The van der Waals surface area contributed by atoms with Crippen molar-refractivity contribution in [2.24, 2.45) is 0 Å². The number of aryl methyl sites for hydroxylation is 1. The lowest BCUT2D eigenvalue weighted by molar-refractivity contribution is 0.153. The van der Waals surface area contributed by atoms with Crippen molar-refractivity contribution in [3.05, 3.63) is 18.2 Å². The van der Waals surface area contributed by atoms with Gasteiger partial charge in [-0.3, -0.25) is 0 Å². The first kappa shape index (κ1) is 11.2. The molecule has 0 radical (unpaired) electrons. The largest absolute Gasteiger partial charge is 0.393 e. The smallest absolute Gasteiger partial charge is 0.114 e. The molecule has 14 heavy (non-hydrogen) atoms. The average Bonchev–Trinajstić information content (AvgIpc) is 2.48. The van der Waals surface area contributed by atoms with Crippen molar-refractivity contribution in [1.29, 1.82) is 0 Å². The third kappa shape index (κ3) is 2.35. The van der Waals surface area contributed by atoms with Gasteiger partial charge >= 0.3 is 0 Å². The number of hydrogen-bond donors (Lipinski definition) is 1. The first-order valence-corrected chi connectivity index (χ1v) is 5.17. The number of aliphatic hydroxyl groups is 1. The maximum Gasteiger partial charge on any atom is 0.114 e. The summed E-state index contributed by atoms with van der Waals surface area (Å²) in [5, 5.41) is 9.41. The monoisotopic (exact) mass is 196 g/mol. The lowest BCUT2D eigenvalue weighted by Crippen LogP contribution is -2.27. The van der Waals surface area contributed by atoms with Crippen LogP contribution in [-0.2, 0) is 12.0 Å². The topological polar surface area (TPSA) is 38.0 Å². The zero-order valence-corrected chi connectivity index (χ0v) is 9.49. The molecule has 1 atom stereocenters. The number of aromatic nitrogens is 2. The SMILES string of the molecule is CCn1ccnc1C(C)(C)CC(C)O. The van der Waals surface area contributed by atoms with Crippen LogP contribution in [-0.4, -0.2) is 20.8 Å². The zero-order valence-electron chi connectivity index (χ0n) is 9.49. The van der Waals surface area contributed by atoms with E-state index in [-0.39, 0.29) is 11.5 Å². The molecular formula is C11H20N2O. The van der Waals surface area contributed by atoms with Gasteiger partial charge in [-0.15, -0.1) is 0 Å². The maximum absolute atomic E-state index is 9.41. The molecule has 1 N–H and O–H groups in total. The second-order valence-corrected chi connectivity index (χ2v) is 4.47. The highest BCUT2D eigenvalue weighted by atomic mass is 16.3. The van der Waals surface area contributed by atoms with Crippen molar-refractivity contribution >= 4 is 0 Å². The summed E-state index contributed by atoms with van der Waals surface area (Å²) in [5.41, 5.74) is -0.0618. The molecule has 0 aliphatic rings. The summed E-state index contributed by atoms with van der Waals surface area (Å²) in [5.74, 6) is 1.06. The molecule has 1 unspecified atom stereocenters. The van der Waals surface area contributed by atoms with Crippen LogP contribution in [0.15, 0.2) is 12.4 Å². The van der Waals surface area contributed by atoms with Gasteiger partial charge in [-0.25, -0.2) is 4.98 Å². The second-order valence-electron chi connectivity index (χ2n) is 4.47. The van der Waals surface area contributed by atoms with Crippen LogP contribution in [0.1, 0.15) is 39.9 Å². The Balaban J connectivity index is 2.90. The van der Waals surface area contributed by atoms with Gasteiger partial charge in [0.05, 0.1) is 6.10 Å². The first-order valence-electron chi connectivity index (χ1n) is 5.17. The summed E-state index contributed by atoms with van der Waals surface area (Å²) < 4.78 is 2.13. The van der Waals surface area contributed by atoms with Gasteiger partial charge in [0.2, 0.25) is 0 Å². The van der Waals surface area contributed by atoms with E-state index in [0.29, 0.717) is 0 Å². The molecule has 0 bridgehead atoms. The van der Waals surface area contributed by atoms with Gasteiger partial charge < -0.3 is 9.67 Å². The van der Waals surface area contributed by atoms with Gasteiger partial charge in [-0.05, 0) is 20.3 Å². The molecular weight excluding hydrogens is 176 g/mol. The molecule has 0 aromatic carbocycles. The van der Waals surface area contributed by atoms with Gasteiger partial charge in [0.1, 0.15) is 5.82 Å². The summed E-state index contributed by atoms with van der Waals surface area (Å²) in [7, 11) is 0. The van der Waals surface area contributed by atoms with E-state index in [1.807, 2.05) is 19.3 Å². The zero-order chi connectivity index (χ0) is 10.8. The van der Waals surface area contributed by atoms with Gasteiger partial charge in [-0.2, -0.15) is 0 Å². The molecule has 0 amide bonds. The fraction of sp³-hybridized carbons (Fsp3) is 0.727. The Morgan fingerprint density at radius 1 is 1.57 bits per heavy atom. The standard InChI is InChI=1S/C11H20N2O/c1-5-13-7-6-12-10(13)11(3,4)8-9(2)14/h6-7,9,14H,5,8H2,1-4H3. The van der Waals surface area contributed by atoms with Gasteiger partial charge in [0.15, 0.2) is 0 Å². The predicted octanol–water partition coefficient (Wildman–Crippen LogP) is 1.95. The first-order chi connectivity index (χ1) is 6.47. The van der Waals surface area contributed by atoms with Crippen LogP contribution in [0.2, 0.25) is 0 Å². The van der Waals surface area contributed by atoms with Crippen LogP contribution in [0.25, 0.3) is 0 Å². The minimum absolute atomic E-state index is 0.0618. The third-order valence-electron chi connectivity index (χ3n) is 2.47. The Morgan fingerprint density at radius 2 is 2.21 bits per heavy atom. The van der Waals surface area contributed by atoms with Crippen LogP contribution in [0.4, 0.5) is 0 Å². The van der Waals surface area contributed by atoms with Gasteiger partial charge in [0, 0.05) is 24.4 Å². The van der Waals surface area contributed by atoms with Crippen LogP contribution in [0.5, 0.6) is 0 Å². The minimum Gasteiger partial charge on any atom is -0.393 e. The summed E-state index contributed by atoms with van der Waals surface area (Å²) in [6, 6.07) is 0. The van der Waals surface area contributed by atoms with E-state index in [9.17, 15) is 5.11 Å². The average molecular weight is 196 g/mol. The van der Waals surface area contributed by atoms with E-state index < -0.39 is 0 Å². The number of hydrogen-bond acceptors (Lipinski definition) is 2. The van der Waals surface area contributed by atoms with E-state index in [4.69, 9.17) is 0 Å². The van der Waals surface area contributed by atoms with E-state index in [0.717, 1.165) is 18.8 Å². The molecule has 0 aliphatic heterocycles. The number of aliphatic hydroxyl groups excluding tert-OH is 1. The van der Waals surface area contributed by atoms with Crippen LogP contribution >= 0.6 is 0 Å². The normalized spacial score (nSPS) is 14.4. The van der Waals surface area contributed by atoms with E-state index in [1.54, 1.807) is 0 Å². The Hall–Kier alpha value is -0.830. The van der Waals surface area contributed by atoms with Crippen LogP contribution in [0.3, 0.4) is 0 Å². The van der Waals surface area contributed by atoms with Crippen molar-refractivity contribution < 1.29 is 5.11 Å². The Kier molecular flexibility index (Phi) is 3.32.